The Hall–Kier alpha value is -3.34. The Morgan fingerprint density at radius 2 is 1.55 bits per heavy atom. The fraction of sp³-hybridized carbons (Fsp3) is 0.250. The molecule has 0 atom stereocenters. The fourth-order valence-corrected chi connectivity index (χ4v) is 3.76. The van der Waals surface area contributed by atoms with Crippen molar-refractivity contribution < 1.29 is 9.59 Å². The molecule has 0 saturated carbocycles. The Bertz CT molecular complexity index is 995. The van der Waals surface area contributed by atoms with E-state index >= 15 is 0 Å². The number of benzene rings is 3. The molecule has 1 fully saturated rings. The first-order valence-corrected chi connectivity index (χ1v) is 10.1. The van der Waals surface area contributed by atoms with Crippen LogP contribution in [0.15, 0.2) is 72.8 Å². The van der Waals surface area contributed by atoms with Gasteiger partial charge in [-0.15, -0.1) is 0 Å². The number of carbonyl (C=O) groups excluding carboxylic acids is 2. The highest BCUT2D eigenvalue weighted by Gasteiger charge is 2.23. The molecule has 0 aromatic heterocycles. The number of hydrogen-bond donors (Lipinski definition) is 2. The predicted molar refractivity (Wildman–Crippen MR) is 116 cm³/mol. The van der Waals surface area contributed by atoms with E-state index in [1.807, 2.05) is 48.5 Å². The molecule has 4 rings (SSSR count). The van der Waals surface area contributed by atoms with Gasteiger partial charge in [-0.25, -0.2) is 4.79 Å². The number of fused-ring (bicyclic) bond motifs is 1. The summed E-state index contributed by atoms with van der Waals surface area (Å²) >= 11 is 0. The van der Waals surface area contributed by atoms with Crippen LogP contribution in [-0.4, -0.2) is 36.0 Å². The number of nitrogens with one attached hydrogen (secondary N) is 2. The van der Waals surface area contributed by atoms with Gasteiger partial charge >= 0.3 is 6.03 Å². The largest absolute Gasteiger partial charge is 0.353 e. The summed E-state index contributed by atoms with van der Waals surface area (Å²) in [5.74, 6) is 0.0347. The number of urea groups is 1. The first kappa shape index (κ1) is 19.0. The van der Waals surface area contributed by atoms with Gasteiger partial charge in [-0.3, -0.25) is 4.79 Å². The van der Waals surface area contributed by atoms with Gasteiger partial charge in [-0.2, -0.15) is 0 Å². The molecule has 5 nitrogen and oxygen atoms in total. The highest BCUT2D eigenvalue weighted by Crippen LogP contribution is 2.17. The summed E-state index contributed by atoms with van der Waals surface area (Å²) in [6.07, 6.45) is 1.91. The second kappa shape index (κ2) is 8.78. The standard InChI is InChI=1S/C24H25N3O2/c28-23(17-18-10-11-19-6-4-5-7-20(19)16-18)25-22-12-14-27(15-13-22)24(29)26-21-8-2-1-3-9-21/h1-11,16,22H,12-15,17H2,(H,25,28)(H,26,29). The summed E-state index contributed by atoms with van der Waals surface area (Å²) in [5.41, 5.74) is 1.81. The number of anilines is 1. The average Bonchev–Trinajstić information content (AvgIpc) is 2.75. The number of para-hydroxylation sites is 1. The second-order valence-electron chi connectivity index (χ2n) is 7.48. The molecule has 1 heterocycles. The van der Waals surface area contributed by atoms with Gasteiger partial charge in [0, 0.05) is 24.8 Å². The molecule has 1 aliphatic heterocycles. The molecule has 3 amide bonds. The minimum absolute atomic E-state index is 0.0347. The summed E-state index contributed by atoms with van der Waals surface area (Å²) in [6, 6.07) is 23.8. The lowest BCUT2D eigenvalue weighted by Gasteiger charge is -2.32. The number of carbonyl (C=O) groups is 2. The lowest BCUT2D eigenvalue weighted by atomic mass is 10.0. The molecule has 1 aliphatic rings. The van der Waals surface area contributed by atoms with Gasteiger partial charge in [0.25, 0.3) is 0 Å². The summed E-state index contributed by atoms with van der Waals surface area (Å²) < 4.78 is 0. The van der Waals surface area contributed by atoms with Crippen LogP contribution >= 0.6 is 0 Å². The van der Waals surface area contributed by atoms with Crippen molar-refractivity contribution in [1.29, 1.82) is 0 Å². The number of piperidine rings is 1. The van der Waals surface area contributed by atoms with Crippen molar-refractivity contribution in [3.8, 4) is 0 Å². The summed E-state index contributed by atoms with van der Waals surface area (Å²) in [4.78, 5) is 26.6. The number of likely N-dealkylation sites (tertiary alicyclic amines) is 1. The topological polar surface area (TPSA) is 61.4 Å². The van der Waals surface area contributed by atoms with Crippen LogP contribution in [0.2, 0.25) is 0 Å². The predicted octanol–water partition coefficient (Wildman–Crippen LogP) is 4.20. The fourth-order valence-electron chi connectivity index (χ4n) is 3.76. The van der Waals surface area contributed by atoms with Gasteiger partial charge in [0.15, 0.2) is 0 Å². The van der Waals surface area contributed by atoms with Crippen LogP contribution in [0, 0.1) is 0 Å². The number of nitrogens with zero attached hydrogens (tertiary/aromatic N) is 1. The molecule has 0 radical (unpaired) electrons. The Labute approximate surface area is 170 Å². The van der Waals surface area contributed by atoms with Crippen molar-refractivity contribution in [1.82, 2.24) is 10.2 Å². The van der Waals surface area contributed by atoms with E-state index in [-0.39, 0.29) is 18.0 Å². The zero-order valence-corrected chi connectivity index (χ0v) is 16.3. The second-order valence-corrected chi connectivity index (χ2v) is 7.48. The van der Waals surface area contributed by atoms with Crippen molar-refractivity contribution in [3.63, 3.8) is 0 Å². The van der Waals surface area contributed by atoms with E-state index in [4.69, 9.17) is 0 Å². The molecule has 29 heavy (non-hydrogen) atoms. The third-order valence-electron chi connectivity index (χ3n) is 5.35. The van der Waals surface area contributed by atoms with Crippen molar-refractivity contribution >= 4 is 28.4 Å². The number of amides is 3. The van der Waals surface area contributed by atoms with E-state index in [0.717, 1.165) is 29.5 Å². The van der Waals surface area contributed by atoms with E-state index in [0.29, 0.717) is 19.5 Å². The molecule has 5 heteroatoms. The highest BCUT2D eigenvalue weighted by atomic mass is 16.2. The molecule has 0 aliphatic carbocycles. The molecular weight excluding hydrogens is 362 g/mol. The molecule has 148 valence electrons. The van der Waals surface area contributed by atoms with E-state index in [2.05, 4.69) is 34.9 Å². The molecule has 3 aromatic carbocycles. The molecule has 3 aromatic rings. The van der Waals surface area contributed by atoms with E-state index in [1.54, 1.807) is 4.90 Å². The van der Waals surface area contributed by atoms with Gasteiger partial charge < -0.3 is 15.5 Å². The zero-order chi connectivity index (χ0) is 20.1. The van der Waals surface area contributed by atoms with Gasteiger partial charge in [0.1, 0.15) is 0 Å². The van der Waals surface area contributed by atoms with Crippen LogP contribution in [0.3, 0.4) is 0 Å². The normalized spacial score (nSPS) is 14.6. The van der Waals surface area contributed by atoms with Crippen LogP contribution in [0.5, 0.6) is 0 Å². The Kier molecular flexibility index (Phi) is 5.75. The summed E-state index contributed by atoms with van der Waals surface area (Å²) in [5, 5.41) is 8.37. The van der Waals surface area contributed by atoms with E-state index in [9.17, 15) is 9.59 Å². The van der Waals surface area contributed by atoms with E-state index in [1.165, 1.54) is 5.39 Å². The van der Waals surface area contributed by atoms with Gasteiger partial charge in [-0.1, -0.05) is 60.7 Å². The van der Waals surface area contributed by atoms with Gasteiger partial charge in [-0.05, 0) is 41.3 Å². The maximum Gasteiger partial charge on any atom is 0.321 e. The van der Waals surface area contributed by atoms with Gasteiger partial charge in [0.05, 0.1) is 6.42 Å². The van der Waals surface area contributed by atoms with Crippen LogP contribution in [0.4, 0.5) is 10.5 Å². The highest BCUT2D eigenvalue weighted by molar-refractivity contribution is 5.89. The van der Waals surface area contributed by atoms with Crippen molar-refractivity contribution in [2.24, 2.45) is 0 Å². The monoisotopic (exact) mass is 387 g/mol. The van der Waals surface area contributed by atoms with Crippen molar-refractivity contribution in [2.75, 3.05) is 18.4 Å². The SMILES string of the molecule is O=C(Cc1ccc2ccccc2c1)NC1CCN(C(=O)Nc2ccccc2)CC1. The number of rotatable bonds is 4. The molecular formula is C24H25N3O2. The van der Waals surface area contributed by atoms with Gasteiger partial charge in [0.2, 0.25) is 5.91 Å². The first-order valence-electron chi connectivity index (χ1n) is 10.1. The zero-order valence-electron chi connectivity index (χ0n) is 16.3. The molecule has 0 bridgehead atoms. The molecule has 0 spiro atoms. The molecule has 1 saturated heterocycles. The quantitative estimate of drug-likeness (QED) is 0.705. The lowest BCUT2D eigenvalue weighted by molar-refractivity contribution is -0.121. The van der Waals surface area contributed by atoms with Crippen LogP contribution in [0.1, 0.15) is 18.4 Å². The Balaban J connectivity index is 1.25. The maximum atomic E-state index is 12.5. The minimum Gasteiger partial charge on any atom is -0.353 e. The number of hydrogen-bond acceptors (Lipinski definition) is 2. The minimum atomic E-state index is -0.0860. The molecule has 0 unspecified atom stereocenters. The molecule has 2 N–H and O–H groups in total. The average molecular weight is 387 g/mol. The first-order chi connectivity index (χ1) is 14.2. The Morgan fingerprint density at radius 1 is 0.862 bits per heavy atom. The smallest absolute Gasteiger partial charge is 0.321 e. The third kappa shape index (κ3) is 4.93. The third-order valence-corrected chi connectivity index (χ3v) is 5.35. The maximum absolute atomic E-state index is 12.5. The van der Waals surface area contributed by atoms with E-state index < -0.39 is 0 Å². The Morgan fingerprint density at radius 3 is 2.31 bits per heavy atom. The summed E-state index contributed by atoms with van der Waals surface area (Å²) in [6.45, 7) is 1.28. The van der Waals surface area contributed by atoms with Crippen LogP contribution in [-0.2, 0) is 11.2 Å². The summed E-state index contributed by atoms with van der Waals surface area (Å²) in [7, 11) is 0. The van der Waals surface area contributed by atoms with Crippen LogP contribution < -0.4 is 10.6 Å². The van der Waals surface area contributed by atoms with Crippen molar-refractivity contribution in [2.45, 2.75) is 25.3 Å². The van der Waals surface area contributed by atoms with Crippen LogP contribution in [0.25, 0.3) is 10.8 Å². The lowest BCUT2D eigenvalue weighted by Crippen LogP contribution is -2.48. The van der Waals surface area contributed by atoms with Crippen molar-refractivity contribution in [3.05, 3.63) is 78.4 Å².